The summed E-state index contributed by atoms with van der Waals surface area (Å²) in [6.45, 7) is 7.46. The van der Waals surface area contributed by atoms with Gasteiger partial charge in [-0.1, -0.05) is 26.0 Å². The van der Waals surface area contributed by atoms with Gasteiger partial charge in [-0.2, -0.15) is 0 Å². The third-order valence-corrected chi connectivity index (χ3v) is 3.02. The van der Waals surface area contributed by atoms with Crippen LogP contribution in [0.5, 0.6) is 0 Å². The second kappa shape index (κ2) is 6.54. The van der Waals surface area contributed by atoms with Gasteiger partial charge in [0.05, 0.1) is 0 Å². The number of nitrogens with two attached hydrogens (primary N) is 1. The topological polar surface area (TPSA) is 38.0 Å². The van der Waals surface area contributed by atoms with E-state index in [1.807, 2.05) is 6.92 Å². The van der Waals surface area contributed by atoms with Crippen LogP contribution in [0.1, 0.15) is 45.1 Å². The fraction of sp³-hybridized carbons (Fsp3) is 0.571. The van der Waals surface area contributed by atoms with Crippen molar-refractivity contribution in [1.82, 2.24) is 0 Å². The van der Waals surface area contributed by atoms with Gasteiger partial charge in [-0.15, -0.1) is 0 Å². The maximum absolute atomic E-state index is 5.70. The predicted octanol–water partition coefficient (Wildman–Crippen LogP) is 3.35. The largest absolute Gasteiger partial charge is 0.385 e. The Labute approximate surface area is 99.2 Å². The molecular formula is C14H24N2. The molecule has 0 saturated carbocycles. The van der Waals surface area contributed by atoms with E-state index in [0.717, 1.165) is 13.0 Å². The SMILES string of the molecule is CCC(C)c1ccc(NCCC(C)N)cc1. The first-order valence-corrected chi connectivity index (χ1v) is 6.23. The predicted molar refractivity (Wildman–Crippen MR) is 71.9 cm³/mol. The van der Waals surface area contributed by atoms with E-state index in [-0.39, 0.29) is 6.04 Å². The second-order valence-corrected chi connectivity index (χ2v) is 4.62. The van der Waals surface area contributed by atoms with Crippen LogP contribution >= 0.6 is 0 Å². The maximum atomic E-state index is 5.70. The van der Waals surface area contributed by atoms with Gasteiger partial charge in [0.2, 0.25) is 0 Å². The van der Waals surface area contributed by atoms with E-state index in [2.05, 4.69) is 43.4 Å². The summed E-state index contributed by atoms with van der Waals surface area (Å²) in [7, 11) is 0. The van der Waals surface area contributed by atoms with E-state index in [9.17, 15) is 0 Å². The van der Waals surface area contributed by atoms with Crippen LogP contribution in [0.15, 0.2) is 24.3 Å². The second-order valence-electron chi connectivity index (χ2n) is 4.62. The van der Waals surface area contributed by atoms with Crippen molar-refractivity contribution in [2.75, 3.05) is 11.9 Å². The van der Waals surface area contributed by atoms with Gasteiger partial charge >= 0.3 is 0 Å². The smallest absolute Gasteiger partial charge is 0.0340 e. The highest BCUT2D eigenvalue weighted by atomic mass is 14.9. The van der Waals surface area contributed by atoms with Gasteiger partial charge in [0.1, 0.15) is 0 Å². The molecule has 0 radical (unpaired) electrons. The third-order valence-electron chi connectivity index (χ3n) is 3.02. The zero-order valence-corrected chi connectivity index (χ0v) is 10.7. The molecule has 2 nitrogen and oxygen atoms in total. The van der Waals surface area contributed by atoms with Gasteiger partial charge in [-0.05, 0) is 43.4 Å². The lowest BCUT2D eigenvalue weighted by molar-refractivity contribution is 0.690. The first-order chi connectivity index (χ1) is 7.63. The Balaban J connectivity index is 2.45. The van der Waals surface area contributed by atoms with Crippen LogP contribution in [0.25, 0.3) is 0 Å². The summed E-state index contributed by atoms with van der Waals surface area (Å²) < 4.78 is 0. The molecule has 0 saturated heterocycles. The summed E-state index contributed by atoms with van der Waals surface area (Å²) in [5.74, 6) is 0.651. The quantitative estimate of drug-likeness (QED) is 0.771. The van der Waals surface area contributed by atoms with E-state index >= 15 is 0 Å². The molecule has 0 aliphatic heterocycles. The summed E-state index contributed by atoms with van der Waals surface area (Å²) in [5.41, 5.74) is 8.30. The average molecular weight is 220 g/mol. The Morgan fingerprint density at radius 1 is 1.19 bits per heavy atom. The van der Waals surface area contributed by atoms with Crippen LogP contribution in [-0.4, -0.2) is 12.6 Å². The van der Waals surface area contributed by atoms with E-state index in [1.54, 1.807) is 0 Å². The molecule has 1 aromatic carbocycles. The maximum Gasteiger partial charge on any atom is 0.0340 e. The van der Waals surface area contributed by atoms with Crippen molar-refractivity contribution in [2.24, 2.45) is 5.73 Å². The molecule has 16 heavy (non-hydrogen) atoms. The van der Waals surface area contributed by atoms with Crippen molar-refractivity contribution in [3.63, 3.8) is 0 Å². The molecule has 0 fully saturated rings. The minimum Gasteiger partial charge on any atom is -0.385 e. The van der Waals surface area contributed by atoms with Gasteiger partial charge in [0, 0.05) is 18.3 Å². The molecule has 1 rings (SSSR count). The van der Waals surface area contributed by atoms with E-state index < -0.39 is 0 Å². The van der Waals surface area contributed by atoms with Gasteiger partial charge in [-0.25, -0.2) is 0 Å². The van der Waals surface area contributed by atoms with Crippen LogP contribution in [0.3, 0.4) is 0 Å². The van der Waals surface area contributed by atoms with Crippen LogP contribution in [0.4, 0.5) is 5.69 Å². The monoisotopic (exact) mass is 220 g/mol. The molecule has 0 aromatic heterocycles. The van der Waals surface area contributed by atoms with Crippen LogP contribution in [0, 0.1) is 0 Å². The van der Waals surface area contributed by atoms with Gasteiger partial charge in [-0.3, -0.25) is 0 Å². The summed E-state index contributed by atoms with van der Waals surface area (Å²) in [6, 6.07) is 9.00. The molecule has 3 N–H and O–H groups in total. The Kier molecular flexibility index (Phi) is 5.33. The van der Waals surface area contributed by atoms with Crippen molar-refractivity contribution in [3.05, 3.63) is 29.8 Å². The first kappa shape index (κ1) is 13.0. The Hall–Kier alpha value is -1.02. The number of rotatable bonds is 6. The molecule has 2 unspecified atom stereocenters. The van der Waals surface area contributed by atoms with E-state index in [4.69, 9.17) is 5.73 Å². The molecular weight excluding hydrogens is 196 g/mol. The minimum absolute atomic E-state index is 0.270. The highest BCUT2D eigenvalue weighted by Crippen LogP contribution is 2.20. The lowest BCUT2D eigenvalue weighted by atomic mass is 9.99. The Morgan fingerprint density at radius 3 is 2.31 bits per heavy atom. The number of nitrogens with one attached hydrogen (secondary N) is 1. The van der Waals surface area contributed by atoms with Crippen molar-refractivity contribution in [3.8, 4) is 0 Å². The molecule has 2 atom stereocenters. The highest BCUT2D eigenvalue weighted by molar-refractivity contribution is 5.45. The Bertz CT molecular complexity index is 290. The number of anilines is 1. The molecule has 0 spiro atoms. The molecule has 0 aliphatic carbocycles. The first-order valence-electron chi connectivity index (χ1n) is 6.23. The van der Waals surface area contributed by atoms with Crippen LogP contribution in [0.2, 0.25) is 0 Å². The fourth-order valence-electron chi connectivity index (χ4n) is 1.61. The lowest BCUT2D eigenvalue weighted by Gasteiger charge is -2.11. The van der Waals surface area contributed by atoms with Crippen LogP contribution in [-0.2, 0) is 0 Å². The van der Waals surface area contributed by atoms with Gasteiger partial charge in [0.25, 0.3) is 0 Å². The molecule has 0 heterocycles. The molecule has 90 valence electrons. The van der Waals surface area contributed by atoms with E-state index in [0.29, 0.717) is 5.92 Å². The summed E-state index contributed by atoms with van der Waals surface area (Å²) in [4.78, 5) is 0. The van der Waals surface area contributed by atoms with Crippen molar-refractivity contribution < 1.29 is 0 Å². The van der Waals surface area contributed by atoms with Crippen LogP contribution < -0.4 is 11.1 Å². The highest BCUT2D eigenvalue weighted by Gasteiger charge is 2.02. The average Bonchev–Trinajstić information content (AvgIpc) is 2.28. The molecule has 0 bridgehead atoms. The molecule has 0 aliphatic rings. The summed E-state index contributed by atoms with van der Waals surface area (Å²) >= 11 is 0. The zero-order valence-electron chi connectivity index (χ0n) is 10.7. The fourth-order valence-corrected chi connectivity index (χ4v) is 1.61. The minimum atomic E-state index is 0.270. The summed E-state index contributed by atoms with van der Waals surface area (Å²) in [5, 5.41) is 3.38. The molecule has 2 heteroatoms. The zero-order chi connectivity index (χ0) is 12.0. The molecule has 0 amide bonds. The van der Waals surface area contributed by atoms with Gasteiger partial charge < -0.3 is 11.1 Å². The normalized spacial score (nSPS) is 14.5. The summed E-state index contributed by atoms with van der Waals surface area (Å²) in [6.07, 6.45) is 2.20. The lowest BCUT2D eigenvalue weighted by Crippen LogP contribution is -2.19. The Morgan fingerprint density at radius 2 is 1.81 bits per heavy atom. The number of hydrogen-bond donors (Lipinski definition) is 2. The van der Waals surface area contributed by atoms with E-state index in [1.165, 1.54) is 17.7 Å². The number of hydrogen-bond acceptors (Lipinski definition) is 2. The number of benzene rings is 1. The van der Waals surface area contributed by atoms with Crippen molar-refractivity contribution in [1.29, 1.82) is 0 Å². The standard InChI is InChI=1S/C14H24N2/c1-4-11(2)13-5-7-14(8-6-13)16-10-9-12(3)15/h5-8,11-12,16H,4,9-10,15H2,1-3H3. The third kappa shape index (κ3) is 4.23. The molecule has 1 aromatic rings. The van der Waals surface area contributed by atoms with Crippen molar-refractivity contribution >= 4 is 5.69 Å². The van der Waals surface area contributed by atoms with Crippen molar-refractivity contribution in [2.45, 2.75) is 45.6 Å². The van der Waals surface area contributed by atoms with Gasteiger partial charge in [0.15, 0.2) is 0 Å².